The van der Waals surface area contributed by atoms with Gasteiger partial charge in [-0.1, -0.05) is 12.1 Å². The molecule has 0 aromatic heterocycles. The molecule has 0 radical (unpaired) electrons. The number of benzene rings is 3. The Hall–Kier alpha value is -3.14. The fourth-order valence-electron chi connectivity index (χ4n) is 5.10. The van der Waals surface area contributed by atoms with Gasteiger partial charge in [-0.2, -0.15) is 0 Å². The Balaban J connectivity index is 1.70. The minimum atomic E-state index is 0.556. The number of fused-ring (bicyclic) bond motifs is 4. The topological polar surface area (TPSA) is 30.9 Å². The summed E-state index contributed by atoms with van der Waals surface area (Å²) in [6.07, 6.45) is 4.65. The van der Waals surface area contributed by atoms with Crippen LogP contribution in [-0.2, 0) is 0 Å². The second-order valence-electron chi connectivity index (χ2n) is 8.05. The SMILES string of the molecule is COc1cc2c3c(ccc2c(C2CC2)c1OC)-c1ccc(OC)c2c1=C(C=2)N3C. The smallest absolute Gasteiger partial charge is 0.164 e. The molecule has 1 aliphatic heterocycles. The van der Waals surface area contributed by atoms with Crippen molar-refractivity contribution in [3.05, 3.63) is 46.3 Å². The van der Waals surface area contributed by atoms with E-state index in [1.165, 1.54) is 62.1 Å². The summed E-state index contributed by atoms with van der Waals surface area (Å²) in [7, 11) is 7.35. The molecule has 2 aliphatic carbocycles. The standard InChI is InChI=1S/C25H23NO3/c1-26-19-11-18-20(27-2)10-9-14(23(18)19)16-8-7-15-17(24(16)26)12-21(28-3)25(29-4)22(15)13-5-6-13/h7-13H,5-6H2,1-4H3. The number of hydrogen-bond donors (Lipinski definition) is 0. The Morgan fingerprint density at radius 1 is 0.862 bits per heavy atom. The largest absolute Gasteiger partial charge is 0.496 e. The van der Waals surface area contributed by atoms with Crippen LogP contribution in [0.3, 0.4) is 0 Å². The molecule has 4 nitrogen and oxygen atoms in total. The van der Waals surface area contributed by atoms with Gasteiger partial charge in [-0.15, -0.1) is 0 Å². The normalized spacial score (nSPS) is 16.0. The van der Waals surface area contributed by atoms with Crippen molar-refractivity contribution in [1.29, 1.82) is 0 Å². The third-order valence-electron chi connectivity index (χ3n) is 6.61. The summed E-state index contributed by atoms with van der Waals surface area (Å²) in [5.41, 5.74) is 6.30. The molecule has 1 saturated carbocycles. The molecule has 4 heteroatoms. The minimum absolute atomic E-state index is 0.556. The van der Waals surface area contributed by atoms with Crippen molar-refractivity contribution in [3.8, 4) is 28.4 Å². The lowest BCUT2D eigenvalue weighted by Crippen LogP contribution is -2.44. The Morgan fingerprint density at radius 2 is 1.62 bits per heavy atom. The van der Waals surface area contributed by atoms with Crippen molar-refractivity contribution in [2.75, 3.05) is 33.3 Å². The Morgan fingerprint density at radius 3 is 2.31 bits per heavy atom. The highest BCUT2D eigenvalue weighted by Gasteiger charge is 2.33. The molecule has 0 unspecified atom stereocenters. The lowest BCUT2D eigenvalue weighted by Gasteiger charge is -2.34. The molecule has 1 heterocycles. The highest BCUT2D eigenvalue weighted by molar-refractivity contribution is 6.12. The summed E-state index contributed by atoms with van der Waals surface area (Å²) < 4.78 is 17.1. The van der Waals surface area contributed by atoms with Crippen LogP contribution in [0, 0.1) is 0 Å². The summed E-state index contributed by atoms with van der Waals surface area (Å²) >= 11 is 0. The van der Waals surface area contributed by atoms with Crippen molar-refractivity contribution in [2.24, 2.45) is 0 Å². The van der Waals surface area contributed by atoms with Crippen LogP contribution < -0.4 is 29.5 Å². The first kappa shape index (κ1) is 16.8. The molecule has 0 saturated heterocycles. The van der Waals surface area contributed by atoms with Gasteiger partial charge in [0.1, 0.15) is 5.75 Å². The fourth-order valence-corrected chi connectivity index (χ4v) is 5.10. The van der Waals surface area contributed by atoms with E-state index in [-0.39, 0.29) is 0 Å². The molecular weight excluding hydrogens is 362 g/mol. The van der Waals surface area contributed by atoms with Gasteiger partial charge in [-0.25, -0.2) is 0 Å². The van der Waals surface area contributed by atoms with Crippen molar-refractivity contribution in [3.63, 3.8) is 0 Å². The second-order valence-corrected chi connectivity index (χ2v) is 8.05. The average molecular weight is 385 g/mol. The molecule has 0 N–H and O–H groups in total. The molecule has 6 rings (SSSR count). The van der Waals surface area contributed by atoms with Crippen molar-refractivity contribution < 1.29 is 14.2 Å². The molecule has 0 atom stereocenters. The van der Waals surface area contributed by atoms with E-state index in [2.05, 4.69) is 48.4 Å². The van der Waals surface area contributed by atoms with Crippen LogP contribution in [-0.4, -0.2) is 28.4 Å². The van der Waals surface area contributed by atoms with Crippen LogP contribution in [0.5, 0.6) is 17.2 Å². The van der Waals surface area contributed by atoms with E-state index in [0.717, 1.165) is 17.2 Å². The van der Waals surface area contributed by atoms with Crippen LogP contribution in [0.1, 0.15) is 24.3 Å². The number of anilines is 1. The Kier molecular flexibility index (Phi) is 3.29. The van der Waals surface area contributed by atoms with Crippen molar-refractivity contribution in [1.82, 2.24) is 0 Å². The van der Waals surface area contributed by atoms with E-state index in [4.69, 9.17) is 14.2 Å². The fraction of sp³-hybridized carbons (Fsp3) is 0.280. The van der Waals surface area contributed by atoms with Gasteiger partial charge in [-0.05, 0) is 54.0 Å². The number of nitrogens with zero attached hydrogens (tertiary/aromatic N) is 1. The van der Waals surface area contributed by atoms with E-state index in [1.54, 1.807) is 21.3 Å². The number of methoxy groups -OCH3 is 3. The third kappa shape index (κ3) is 2.04. The van der Waals surface area contributed by atoms with E-state index in [0.29, 0.717) is 5.92 Å². The summed E-state index contributed by atoms with van der Waals surface area (Å²) in [6.45, 7) is 0. The van der Waals surface area contributed by atoms with Gasteiger partial charge < -0.3 is 19.1 Å². The Labute approximate surface area is 169 Å². The molecule has 3 aromatic rings. The van der Waals surface area contributed by atoms with Crippen molar-refractivity contribution in [2.45, 2.75) is 18.8 Å². The first-order valence-corrected chi connectivity index (χ1v) is 10.1. The molecule has 0 bridgehead atoms. The molecule has 0 spiro atoms. The van der Waals surface area contributed by atoms with Gasteiger partial charge in [-0.3, -0.25) is 0 Å². The molecule has 3 aliphatic rings. The summed E-state index contributed by atoms with van der Waals surface area (Å²) in [4.78, 5) is 2.31. The highest BCUT2D eigenvalue weighted by Crippen LogP contribution is 2.53. The molecule has 1 fully saturated rings. The van der Waals surface area contributed by atoms with Gasteiger partial charge in [0.25, 0.3) is 0 Å². The maximum atomic E-state index is 5.80. The molecule has 146 valence electrons. The van der Waals surface area contributed by atoms with Crippen molar-refractivity contribution >= 4 is 28.2 Å². The maximum Gasteiger partial charge on any atom is 0.164 e. The zero-order valence-electron chi connectivity index (χ0n) is 17.1. The maximum absolute atomic E-state index is 5.80. The average Bonchev–Trinajstić information content (AvgIpc) is 3.56. The first-order valence-electron chi connectivity index (χ1n) is 10.1. The predicted octanol–water partition coefficient (Wildman–Crippen LogP) is 3.76. The second kappa shape index (κ2) is 5.69. The quantitative estimate of drug-likeness (QED) is 0.684. The lowest BCUT2D eigenvalue weighted by molar-refractivity contribution is 0.353. The van der Waals surface area contributed by atoms with E-state index < -0.39 is 0 Å². The van der Waals surface area contributed by atoms with Gasteiger partial charge in [0, 0.05) is 34.0 Å². The Bertz CT molecular complexity index is 1330. The molecule has 0 amide bonds. The van der Waals surface area contributed by atoms with Crippen LogP contribution in [0.2, 0.25) is 0 Å². The van der Waals surface area contributed by atoms with Crippen LogP contribution in [0.4, 0.5) is 5.69 Å². The minimum Gasteiger partial charge on any atom is -0.496 e. The lowest BCUT2D eigenvalue weighted by atomic mass is 9.86. The predicted molar refractivity (Wildman–Crippen MR) is 117 cm³/mol. The van der Waals surface area contributed by atoms with Crippen LogP contribution >= 0.6 is 0 Å². The van der Waals surface area contributed by atoms with Gasteiger partial charge in [0.2, 0.25) is 0 Å². The van der Waals surface area contributed by atoms with E-state index in [1.807, 2.05) is 0 Å². The van der Waals surface area contributed by atoms with Gasteiger partial charge in [0.15, 0.2) is 11.5 Å². The number of ether oxygens (including phenoxy) is 3. The van der Waals surface area contributed by atoms with Gasteiger partial charge in [0.05, 0.1) is 32.7 Å². The van der Waals surface area contributed by atoms with Crippen LogP contribution in [0.25, 0.3) is 33.7 Å². The van der Waals surface area contributed by atoms with Gasteiger partial charge >= 0.3 is 0 Å². The zero-order chi connectivity index (χ0) is 19.9. The zero-order valence-corrected chi connectivity index (χ0v) is 17.1. The molecular formula is C25H23NO3. The summed E-state index contributed by atoms with van der Waals surface area (Å²) in [6, 6.07) is 10.9. The summed E-state index contributed by atoms with van der Waals surface area (Å²) in [5.74, 6) is 3.19. The van der Waals surface area contributed by atoms with E-state index in [9.17, 15) is 0 Å². The molecule has 3 aromatic carbocycles. The third-order valence-corrected chi connectivity index (χ3v) is 6.61. The monoisotopic (exact) mass is 385 g/mol. The van der Waals surface area contributed by atoms with Crippen LogP contribution in [0.15, 0.2) is 30.3 Å². The first-order chi connectivity index (χ1) is 14.2. The molecule has 29 heavy (non-hydrogen) atoms. The number of rotatable bonds is 4. The van der Waals surface area contributed by atoms with E-state index >= 15 is 0 Å². The summed E-state index contributed by atoms with van der Waals surface area (Å²) in [5, 5.41) is 4.98. The number of hydrogen-bond acceptors (Lipinski definition) is 4. The highest BCUT2D eigenvalue weighted by atomic mass is 16.5.